The molecule has 3 rings (SSSR count). The summed E-state index contributed by atoms with van der Waals surface area (Å²) in [6.45, 7) is 3.24. The highest BCUT2D eigenvalue weighted by Crippen LogP contribution is 2.31. The largest absolute Gasteiger partial charge is 0.482 e. The third kappa shape index (κ3) is 6.80. The topological polar surface area (TPSA) is 99.1 Å². The molecule has 0 aromatic heterocycles. The van der Waals surface area contributed by atoms with E-state index in [4.69, 9.17) is 9.84 Å². The number of para-hydroxylation sites is 1. The van der Waals surface area contributed by atoms with Crippen molar-refractivity contribution in [2.45, 2.75) is 45.1 Å². The Balaban J connectivity index is 2.00. The molecule has 3 N–H and O–H groups in total. The second kappa shape index (κ2) is 12.5. The second-order valence-corrected chi connectivity index (χ2v) is 9.82. The van der Waals surface area contributed by atoms with Crippen molar-refractivity contribution in [1.82, 2.24) is 10.2 Å². The highest BCUT2D eigenvalue weighted by molar-refractivity contribution is 14.1. The van der Waals surface area contributed by atoms with Crippen LogP contribution in [0.5, 0.6) is 5.75 Å². The normalized spacial score (nSPS) is 19.7. The van der Waals surface area contributed by atoms with Gasteiger partial charge in [0, 0.05) is 36.6 Å². The molecule has 0 aliphatic heterocycles. The van der Waals surface area contributed by atoms with Gasteiger partial charge in [-0.1, -0.05) is 44.2 Å². The molecule has 0 fully saturated rings. The number of ether oxygens (including phenoxy) is 1. The summed E-state index contributed by atoms with van der Waals surface area (Å²) >= 11 is 2.12. The molecular formula is C26H30FIN2O5. The van der Waals surface area contributed by atoms with Gasteiger partial charge in [-0.05, 0) is 46.9 Å². The smallest absolute Gasteiger partial charge is 0.247 e. The first kappa shape index (κ1) is 27.1. The van der Waals surface area contributed by atoms with Crippen molar-refractivity contribution >= 4 is 34.4 Å². The van der Waals surface area contributed by atoms with Gasteiger partial charge in [-0.25, -0.2) is 4.39 Å². The van der Waals surface area contributed by atoms with Crippen molar-refractivity contribution in [3.05, 3.63) is 75.1 Å². The van der Waals surface area contributed by atoms with E-state index in [1.165, 1.54) is 11.0 Å². The fourth-order valence-electron chi connectivity index (χ4n) is 3.97. The number of hydrogen-bond donors (Lipinski definition) is 3. The SMILES string of the molecule is CC(C)C(=O)N(Cc1ccccc1F)C1CC(C(=O)NCCO)=CC(Oc2ccccc2I)C1O. The highest BCUT2D eigenvalue weighted by Gasteiger charge is 2.41. The van der Waals surface area contributed by atoms with Crippen LogP contribution in [0.3, 0.4) is 0 Å². The van der Waals surface area contributed by atoms with Crippen LogP contribution in [0.4, 0.5) is 4.39 Å². The Labute approximate surface area is 218 Å². The number of halogens is 2. The van der Waals surface area contributed by atoms with Crippen LogP contribution in [0.15, 0.2) is 60.2 Å². The lowest BCUT2D eigenvalue weighted by Gasteiger charge is -2.41. The summed E-state index contributed by atoms with van der Waals surface area (Å²) in [5.74, 6) is -1.04. The fourth-order valence-corrected chi connectivity index (χ4v) is 4.48. The molecule has 0 radical (unpaired) electrons. The standard InChI is InChI=1S/C26H30FIN2O5/c1-16(2)26(34)30(15-17-7-3-4-8-19(17)27)21-13-18(25(33)29-11-12-31)14-23(24(21)32)35-22-10-6-5-9-20(22)28/h3-10,14,16,21,23-24,31-32H,11-13,15H2,1-2H3,(H,29,33). The molecule has 188 valence electrons. The minimum Gasteiger partial charge on any atom is -0.482 e. The van der Waals surface area contributed by atoms with E-state index < -0.39 is 35.9 Å². The number of carbonyl (C=O) groups is 2. The molecular weight excluding hydrogens is 566 g/mol. The summed E-state index contributed by atoms with van der Waals surface area (Å²) < 4.78 is 21.4. The minimum atomic E-state index is -1.17. The molecule has 7 nitrogen and oxygen atoms in total. The Kier molecular flexibility index (Phi) is 9.64. The summed E-state index contributed by atoms with van der Waals surface area (Å²) in [4.78, 5) is 27.5. The number of amides is 2. The Morgan fingerprint density at radius 3 is 2.54 bits per heavy atom. The number of aliphatic hydroxyl groups is 2. The van der Waals surface area contributed by atoms with Crippen LogP contribution >= 0.6 is 22.6 Å². The zero-order chi connectivity index (χ0) is 25.5. The number of aliphatic hydroxyl groups excluding tert-OH is 2. The summed E-state index contributed by atoms with van der Waals surface area (Å²) in [6.07, 6.45) is -0.493. The Hall–Kier alpha value is -2.50. The molecule has 0 saturated carbocycles. The Morgan fingerprint density at radius 1 is 1.20 bits per heavy atom. The fraction of sp³-hybridized carbons (Fsp3) is 0.385. The molecule has 0 saturated heterocycles. The van der Waals surface area contributed by atoms with Crippen LogP contribution in [0.2, 0.25) is 0 Å². The predicted octanol–water partition coefficient (Wildman–Crippen LogP) is 3.03. The number of nitrogens with zero attached hydrogens (tertiary/aromatic N) is 1. The van der Waals surface area contributed by atoms with Crippen molar-refractivity contribution in [2.75, 3.05) is 13.2 Å². The highest BCUT2D eigenvalue weighted by atomic mass is 127. The number of benzene rings is 2. The van der Waals surface area contributed by atoms with E-state index in [1.54, 1.807) is 50.3 Å². The molecule has 3 atom stereocenters. The molecule has 0 bridgehead atoms. The van der Waals surface area contributed by atoms with Gasteiger partial charge >= 0.3 is 0 Å². The van der Waals surface area contributed by atoms with Crippen molar-refractivity contribution in [3.63, 3.8) is 0 Å². The van der Waals surface area contributed by atoms with Crippen LogP contribution in [0.25, 0.3) is 0 Å². The minimum absolute atomic E-state index is 0.0527. The summed E-state index contributed by atoms with van der Waals surface area (Å²) in [6, 6.07) is 12.6. The molecule has 1 aliphatic rings. The van der Waals surface area contributed by atoms with E-state index in [2.05, 4.69) is 27.9 Å². The summed E-state index contributed by atoms with van der Waals surface area (Å²) in [5, 5.41) is 23.1. The molecule has 35 heavy (non-hydrogen) atoms. The lowest BCUT2D eigenvalue weighted by Crippen LogP contribution is -2.55. The van der Waals surface area contributed by atoms with Crippen LogP contribution < -0.4 is 10.1 Å². The molecule has 3 unspecified atom stereocenters. The molecule has 2 amide bonds. The van der Waals surface area contributed by atoms with Crippen molar-refractivity contribution in [2.24, 2.45) is 5.92 Å². The predicted molar refractivity (Wildman–Crippen MR) is 138 cm³/mol. The number of hydrogen-bond acceptors (Lipinski definition) is 5. The van der Waals surface area contributed by atoms with E-state index in [-0.39, 0.29) is 32.0 Å². The average molecular weight is 596 g/mol. The van der Waals surface area contributed by atoms with Crippen LogP contribution in [0.1, 0.15) is 25.8 Å². The molecule has 0 spiro atoms. The van der Waals surface area contributed by atoms with Gasteiger partial charge in [-0.15, -0.1) is 0 Å². The Morgan fingerprint density at radius 2 is 1.89 bits per heavy atom. The number of rotatable bonds is 9. The first-order valence-corrected chi connectivity index (χ1v) is 12.5. The van der Waals surface area contributed by atoms with E-state index >= 15 is 0 Å². The molecule has 1 aliphatic carbocycles. The zero-order valence-electron chi connectivity index (χ0n) is 19.7. The van der Waals surface area contributed by atoms with Crippen molar-refractivity contribution in [1.29, 1.82) is 0 Å². The number of nitrogens with one attached hydrogen (secondary N) is 1. The van der Waals surface area contributed by atoms with Crippen LogP contribution in [-0.4, -0.2) is 58.3 Å². The van der Waals surface area contributed by atoms with Gasteiger partial charge < -0.3 is 25.2 Å². The maximum absolute atomic E-state index is 14.5. The van der Waals surface area contributed by atoms with E-state index in [9.17, 15) is 19.1 Å². The van der Waals surface area contributed by atoms with E-state index in [1.807, 2.05) is 12.1 Å². The monoisotopic (exact) mass is 596 g/mol. The summed E-state index contributed by atoms with van der Waals surface area (Å²) in [5.41, 5.74) is 0.629. The molecule has 9 heteroatoms. The van der Waals surface area contributed by atoms with Gasteiger partial charge in [0.2, 0.25) is 11.8 Å². The molecule has 2 aromatic carbocycles. The maximum Gasteiger partial charge on any atom is 0.247 e. The first-order chi connectivity index (χ1) is 16.7. The average Bonchev–Trinajstić information content (AvgIpc) is 2.84. The first-order valence-electron chi connectivity index (χ1n) is 11.5. The molecule has 2 aromatic rings. The van der Waals surface area contributed by atoms with E-state index in [0.29, 0.717) is 16.9 Å². The van der Waals surface area contributed by atoms with Gasteiger partial charge in [0.1, 0.15) is 23.8 Å². The quantitative estimate of drug-likeness (QED) is 0.387. The maximum atomic E-state index is 14.5. The van der Waals surface area contributed by atoms with Gasteiger partial charge in [0.25, 0.3) is 0 Å². The van der Waals surface area contributed by atoms with Crippen LogP contribution in [0, 0.1) is 15.3 Å². The lowest BCUT2D eigenvalue weighted by molar-refractivity contribution is -0.142. The van der Waals surface area contributed by atoms with Crippen molar-refractivity contribution in [3.8, 4) is 5.75 Å². The Bertz CT molecular complexity index is 1080. The zero-order valence-corrected chi connectivity index (χ0v) is 21.8. The third-order valence-electron chi connectivity index (χ3n) is 5.79. The third-order valence-corrected chi connectivity index (χ3v) is 6.68. The van der Waals surface area contributed by atoms with Gasteiger partial charge in [-0.2, -0.15) is 0 Å². The number of carbonyl (C=O) groups excluding carboxylic acids is 2. The van der Waals surface area contributed by atoms with Crippen molar-refractivity contribution < 1.29 is 28.9 Å². The van der Waals surface area contributed by atoms with Gasteiger partial charge in [0.15, 0.2) is 0 Å². The van der Waals surface area contributed by atoms with E-state index in [0.717, 1.165) is 3.57 Å². The van der Waals surface area contributed by atoms with Crippen LogP contribution in [-0.2, 0) is 16.1 Å². The lowest BCUT2D eigenvalue weighted by atomic mass is 9.87. The summed E-state index contributed by atoms with van der Waals surface area (Å²) in [7, 11) is 0. The van der Waals surface area contributed by atoms with Gasteiger partial charge in [-0.3, -0.25) is 9.59 Å². The van der Waals surface area contributed by atoms with Gasteiger partial charge in [0.05, 0.1) is 16.2 Å². The molecule has 0 heterocycles. The second-order valence-electron chi connectivity index (χ2n) is 8.66.